The number of carbonyl (C=O) groups excluding carboxylic acids is 2. The van der Waals surface area contributed by atoms with Crippen LogP contribution in [0, 0.1) is 0 Å². The molecule has 0 aromatic heterocycles. The van der Waals surface area contributed by atoms with Crippen molar-refractivity contribution < 1.29 is 37.3 Å². The maximum absolute atomic E-state index is 13.6. The third kappa shape index (κ3) is 63.3. The van der Waals surface area contributed by atoms with Gasteiger partial charge in [0, 0.05) is 12.8 Å². The first-order valence-electron chi connectivity index (χ1n) is 34.5. The quantitative estimate of drug-likeness (QED) is 0.0212. The summed E-state index contributed by atoms with van der Waals surface area (Å²) >= 11 is 0. The standard InChI is InChI=1S/C73H131N2O7P/c1-7-10-13-16-19-22-25-28-30-32-34-36-37-39-40-42-44-47-50-53-56-59-62-65-72(76)74-70(69-81-83(78,79)80-68-67-75(4,5)6)71(64-61-58-55-52-49-46-27-24-21-18-15-12-9-3)82-73(77)66-63-60-57-54-51-48-45-43-41-38-35-33-31-29-26-23-20-17-14-11-8-2/h10,13,19,22,28-31,34,36,39-40,44,47,61,64,70-71H,7-9,11-12,14-18,20-21,23-27,32-33,35,37-38,41-43,45-46,48-60,62-63,65-69H2,1-6H3,(H-,74,76,78,79)/b13-10-,22-19-,30-28-,31-29+,36-34-,40-39-,47-44-,64-61+. The molecule has 0 spiro atoms. The minimum Gasteiger partial charge on any atom is -0.756 e. The Labute approximate surface area is 513 Å². The van der Waals surface area contributed by atoms with Gasteiger partial charge in [-0.2, -0.15) is 0 Å². The van der Waals surface area contributed by atoms with Gasteiger partial charge in [0.25, 0.3) is 7.82 Å². The highest BCUT2D eigenvalue weighted by atomic mass is 31.2. The summed E-state index contributed by atoms with van der Waals surface area (Å²) in [5, 5.41) is 3.03. The Hall–Kier alpha value is -3.07. The van der Waals surface area contributed by atoms with Crippen molar-refractivity contribution in [2.75, 3.05) is 40.9 Å². The van der Waals surface area contributed by atoms with Crippen LogP contribution in [-0.4, -0.2) is 69.4 Å². The van der Waals surface area contributed by atoms with E-state index in [1.807, 2.05) is 33.3 Å². The molecule has 9 nitrogen and oxygen atoms in total. The molecule has 0 aliphatic rings. The van der Waals surface area contributed by atoms with Crippen molar-refractivity contribution in [2.24, 2.45) is 0 Å². The first-order valence-corrected chi connectivity index (χ1v) is 36.0. The number of nitrogens with one attached hydrogen (secondary N) is 1. The smallest absolute Gasteiger partial charge is 0.306 e. The van der Waals surface area contributed by atoms with Crippen molar-refractivity contribution in [1.29, 1.82) is 0 Å². The van der Waals surface area contributed by atoms with E-state index in [4.69, 9.17) is 13.8 Å². The maximum Gasteiger partial charge on any atom is 0.306 e. The second-order valence-corrected chi connectivity index (χ2v) is 25.7. The Bertz CT molecular complexity index is 1740. The minimum atomic E-state index is -4.72. The number of hydrogen-bond donors (Lipinski definition) is 1. The molecule has 83 heavy (non-hydrogen) atoms. The largest absolute Gasteiger partial charge is 0.756 e. The lowest BCUT2D eigenvalue weighted by Crippen LogP contribution is -2.47. The van der Waals surface area contributed by atoms with Crippen LogP contribution in [0.25, 0.3) is 0 Å². The molecule has 0 bridgehead atoms. The van der Waals surface area contributed by atoms with E-state index < -0.39 is 26.6 Å². The van der Waals surface area contributed by atoms with Gasteiger partial charge in [-0.15, -0.1) is 0 Å². The fraction of sp³-hybridized carbons (Fsp3) is 0.753. The van der Waals surface area contributed by atoms with Crippen LogP contribution >= 0.6 is 7.82 Å². The Balaban J connectivity index is 5.22. The molecular weight excluding hydrogens is 1050 g/mol. The monoisotopic (exact) mass is 1180 g/mol. The fourth-order valence-electron chi connectivity index (χ4n) is 9.70. The number of phosphoric ester groups is 1. The van der Waals surface area contributed by atoms with Gasteiger partial charge in [-0.1, -0.05) is 279 Å². The molecule has 0 saturated heterocycles. The number of rotatable bonds is 62. The number of unbranched alkanes of at least 4 members (excludes halogenated alkanes) is 32. The van der Waals surface area contributed by atoms with Crippen LogP contribution in [0.4, 0.5) is 0 Å². The summed E-state index contributed by atoms with van der Waals surface area (Å²) in [5.74, 6) is -0.567. The number of nitrogens with zero attached hydrogens (tertiary/aromatic N) is 1. The summed E-state index contributed by atoms with van der Waals surface area (Å²) in [7, 11) is 1.16. The van der Waals surface area contributed by atoms with Crippen LogP contribution in [0.15, 0.2) is 97.2 Å². The summed E-state index contributed by atoms with van der Waals surface area (Å²) in [4.78, 5) is 40.2. The van der Waals surface area contributed by atoms with E-state index in [-0.39, 0.29) is 31.3 Å². The molecule has 480 valence electrons. The van der Waals surface area contributed by atoms with Crippen molar-refractivity contribution in [3.05, 3.63) is 97.2 Å². The SMILES string of the molecule is CC/C=C\C/C=C\C/C=C\C/C=C\C/C=C\C/C=C\CCCCCCC(=O)NC(COP(=O)([O-])OCC[N+](C)(C)C)C(/C=C/CCCCCCCCCCCCC)OC(=O)CCCCCCCCCCCCC/C=C/CCCCCCCC. The van der Waals surface area contributed by atoms with E-state index in [0.717, 1.165) is 103 Å². The van der Waals surface area contributed by atoms with Crippen molar-refractivity contribution in [3.8, 4) is 0 Å². The normalized spacial score (nSPS) is 14.2. The second-order valence-electron chi connectivity index (χ2n) is 24.3. The lowest BCUT2D eigenvalue weighted by molar-refractivity contribution is -0.870. The first kappa shape index (κ1) is 79.9. The molecule has 0 fully saturated rings. The molecule has 10 heteroatoms. The van der Waals surface area contributed by atoms with Gasteiger partial charge in [0.1, 0.15) is 19.3 Å². The summed E-state index contributed by atoms with van der Waals surface area (Å²) in [6.45, 7) is 6.73. The minimum absolute atomic E-state index is 0.0314. The highest BCUT2D eigenvalue weighted by Crippen LogP contribution is 2.38. The predicted octanol–water partition coefficient (Wildman–Crippen LogP) is 21.3. The van der Waals surface area contributed by atoms with E-state index in [1.165, 1.54) is 161 Å². The van der Waals surface area contributed by atoms with E-state index in [1.54, 1.807) is 0 Å². The molecule has 1 N–H and O–H groups in total. The summed E-state index contributed by atoms with van der Waals surface area (Å²) < 4.78 is 30.4. The van der Waals surface area contributed by atoms with Gasteiger partial charge in [0.05, 0.1) is 33.8 Å². The summed E-state index contributed by atoms with van der Waals surface area (Å²) in [6, 6.07) is -0.908. The van der Waals surface area contributed by atoms with E-state index in [2.05, 4.69) is 111 Å². The van der Waals surface area contributed by atoms with Gasteiger partial charge in [-0.05, 0) is 109 Å². The van der Waals surface area contributed by atoms with E-state index >= 15 is 0 Å². The number of allylic oxidation sites excluding steroid dienone is 15. The van der Waals surface area contributed by atoms with Crippen LogP contribution in [0.2, 0.25) is 0 Å². The van der Waals surface area contributed by atoms with Gasteiger partial charge >= 0.3 is 5.97 Å². The zero-order valence-electron chi connectivity index (χ0n) is 54.9. The number of amides is 1. The number of esters is 1. The molecule has 0 aromatic rings. The molecule has 0 radical (unpaired) electrons. The van der Waals surface area contributed by atoms with Crippen LogP contribution in [0.1, 0.15) is 303 Å². The fourth-order valence-corrected chi connectivity index (χ4v) is 10.4. The molecule has 0 rings (SSSR count). The third-order valence-electron chi connectivity index (χ3n) is 15.0. The molecule has 3 atom stereocenters. The van der Waals surface area contributed by atoms with Gasteiger partial charge in [-0.3, -0.25) is 14.2 Å². The van der Waals surface area contributed by atoms with E-state index in [0.29, 0.717) is 17.4 Å². The average Bonchev–Trinajstić information content (AvgIpc) is 3.46. The first-order chi connectivity index (χ1) is 40.4. The molecule has 0 heterocycles. The molecule has 0 aliphatic heterocycles. The topological polar surface area (TPSA) is 114 Å². The zero-order chi connectivity index (χ0) is 60.7. The molecular formula is C73H131N2O7P. The van der Waals surface area contributed by atoms with Gasteiger partial charge < -0.3 is 28.5 Å². The summed E-state index contributed by atoms with van der Waals surface area (Å²) in [6.07, 6.45) is 83.8. The van der Waals surface area contributed by atoms with Crippen molar-refractivity contribution >= 4 is 19.7 Å². The molecule has 1 amide bonds. The van der Waals surface area contributed by atoms with Crippen molar-refractivity contribution in [2.45, 2.75) is 315 Å². The van der Waals surface area contributed by atoms with Crippen molar-refractivity contribution in [3.63, 3.8) is 0 Å². The maximum atomic E-state index is 13.6. The molecule has 3 unspecified atom stereocenters. The number of ether oxygens (including phenoxy) is 1. The Morgan fingerprint density at radius 2 is 0.771 bits per heavy atom. The Morgan fingerprint density at radius 3 is 1.17 bits per heavy atom. The van der Waals surface area contributed by atoms with Crippen LogP contribution in [0.3, 0.4) is 0 Å². The number of likely N-dealkylation sites (N-methyl/N-ethyl adjacent to an activating group) is 1. The van der Waals surface area contributed by atoms with Crippen LogP contribution < -0.4 is 10.2 Å². The average molecular weight is 1180 g/mol. The summed E-state index contributed by atoms with van der Waals surface area (Å²) in [5.41, 5.74) is 0. The molecule has 0 saturated carbocycles. The number of quaternary nitrogens is 1. The predicted molar refractivity (Wildman–Crippen MR) is 358 cm³/mol. The highest BCUT2D eigenvalue weighted by Gasteiger charge is 2.27. The second kappa shape index (κ2) is 62.0. The molecule has 0 aromatic carbocycles. The Morgan fingerprint density at radius 1 is 0.434 bits per heavy atom. The number of carbonyl (C=O) groups is 2. The van der Waals surface area contributed by atoms with Gasteiger partial charge in [-0.25, -0.2) is 0 Å². The lowest BCUT2D eigenvalue weighted by atomic mass is 10.0. The lowest BCUT2D eigenvalue weighted by Gasteiger charge is -2.30. The van der Waals surface area contributed by atoms with Gasteiger partial charge in [0.2, 0.25) is 5.91 Å². The third-order valence-corrected chi connectivity index (χ3v) is 16.0. The van der Waals surface area contributed by atoms with Crippen LogP contribution in [0.5, 0.6) is 0 Å². The highest BCUT2D eigenvalue weighted by molar-refractivity contribution is 7.45. The van der Waals surface area contributed by atoms with Crippen molar-refractivity contribution in [1.82, 2.24) is 5.32 Å². The van der Waals surface area contributed by atoms with Crippen LogP contribution in [-0.2, 0) is 27.9 Å². The van der Waals surface area contributed by atoms with Gasteiger partial charge in [0.15, 0.2) is 0 Å². The van der Waals surface area contributed by atoms with E-state index in [9.17, 15) is 19.0 Å². The Kier molecular flexibility index (Phi) is 59.7. The number of phosphoric acid groups is 1. The molecule has 0 aliphatic carbocycles. The number of hydrogen-bond acceptors (Lipinski definition) is 7. The zero-order valence-corrected chi connectivity index (χ0v) is 55.8.